The molecule has 2 N–H and O–H groups in total. The molecular weight excluding hydrogens is 322 g/mol. The average Bonchev–Trinajstić information content (AvgIpc) is 2.61. The summed E-state index contributed by atoms with van der Waals surface area (Å²) in [5.74, 6) is -0.464. The zero-order valence-electron chi connectivity index (χ0n) is 14.0. The molecule has 6 heteroatoms. The normalized spacial score (nSPS) is 10.3. The van der Waals surface area contributed by atoms with Gasteiger partial charge in [-0.2, -0.15) is 0 Å². The van der Waals surface area contributed by atoms with Crippen LogP contribution in [0.2, 0.25) is 0 Å². The number of carboxylic acids is 1. The minimum absolute atomic E-state index is 0.0849. The minimum Gasteiger partial charge on any atom is -0.491 e. The lowest BCUT2D eigenvalue weighted by atomic mass is 10.1. The molecule has 0 bridgehead atoms. The van der Waals surface area contributed by atoms with Gasteiger partial charge in [0.05, 0.1) is 6.61 Å². The highest BCUT2D eigenvalue weighted by Gasteiger charge is 2.08. The largest absolute Gasteiger partial charge is 0.491 e. The molecule has 2 aromatic carbocycles. The minimum atomic E-state index is -0.829. The quantitative estimate of drug-likeness (QED) is 0.684. The van der Waals surface area contributed by atoms with E-state index in [0.29, 0.717) is 36.6 Å². The van der Waals surface area contributed by atoms with Crippen LogP contribution in [-0.2, 0) is 16.0 Å². The van der Waals surface area contributed by atoms with Crippen LogP contribution >= 0.6 is 0 Å². The second kappa shape index (κ2) is 9.44. The number of carbonyl (C=O) groups is 2. The van der Waals surface area contributed by atoms with Crippen molar-refractivity contribution in [2.75, 3.05) is 25.6 Å². The lowest BCUT2D eigenvalue weighted by Crippen LogP contribution is -2.12. The smallest absolute Gasteiger partial charge is 0.303 e. The number of carbonyl (C=O) groups excluding carboxylic acids is 1. The maximum absolute atomic E-state index is 12.3. The number of nitrogens with one attached hydrogen (secondary N) is 1. The monoisotopic (exact) mass is 343 g/mol. The van der Waals surface area contributed by atoms with E-state index in [1.165, 1.54) is 0 Å². The van der Waals surface area contributed by atoms with Crippen LogP contribution in [0.4, 0.5) is 5.69 Å². The highest BCUT2D eigenvalue weighted by Crippen LogP contribution is 2.16. The van der Waals surface area contributed by atoms with Crippen molar-refractivity contribution < 1.29 is 24.2 Å². The van der Waals surface area contributed by atoms with Gasteiger partial charge in [-0.3, -0.25) is 9.59 Å². The van der Waals surface area contributed by atoms with Gasteiger partial charge in [0.25, 0.3) is 5.91 Å². The van der Waals surface area contributed by atoms with E-state index in [0.717, 1.165) is 5.56 Å². The number of benzene rings is 2. The third-order valence-corrected chi connectivity index (χ3v) is 3.49. The Morgan fingerprint density at radius 3 is 2.52 bits per heavy atom. The Hall–Kier alpha value is -2.86. The molecule has 0 fully saturated rings. The fourth-order valence-corrected chi connectivity index (χ4v) is 2.18. The van der Waals surface area contributed by atoms with Crippen molar-refractivity contribution in [3.8, 4) is 5.75 Å². The van der Waals surface area contributed by atoms with Crippen molar-refractivity contribution in [3.05, 3.63) is 59.7 Å². The van der Waals surface area contributed by atoms with E-state index in [9.17, 15) is 9.59 Å². The highest BCUT2D eigenvalue weighted by atomic mass is 16.5. The predicted molar refractivity (Wildman–Crippen MR) is 94.2 cm³/mol. The van der Waals surface area contributed by atoms with Gasteiger partial charge in [-0.1, -0.05) is 18.2 Å². The van der Waals surface area contributed by atoms with Gasteiger partial charge < -0.3 is 19.9 Å². The first kappa shape index (κ1) is 18.5. The fraction of sp³-hybridized carbons (Fsp3) is 0.263. The number of aliphatic carboxylic acids is 1. The number of hydrogen-bond acceptors (Lipinski definition) is 4. The summed E-state index contributed by atoms with van der Waals surface area (Å²) in [7, 11) is 1.60. The van der Waals surface area contributed by atoms with Crippen LogP contribution in [0.15, 0.2) is 48.5 Å². The third-order valence-electron chi connectivity index (χ3n) is 3.49. The fourth-order valence-electron chi connectivity index (χ4n) is 2.18. The molecule has 0 atom stereocenters. The van der Waals surface area contributed by atoms with Crippen molar-refractivity contribution in [1.29, 1.82) is 0 Å². The summed E-state index contributed by atoms with van der Waals surface area (Å²) in [5, 5.41) is 11.5. The Kier molecular flexibility index (Phi) is 6.98. The Bertz CT molecular complexity index is 712. The molecule has 0 heterocycles. The number of anilines is 1. The standard InChI is InChI=1S/C19H21NO5/c1-24-11-12-25-17-4-2-3-15(13-17)19(23)20-16-8-5-14(6-9-16)7-10-18(21)22/h2-6,8-9,13H,7,10-12H2,1H3,(H,20,23)(H,21,22). The first-order chi connectivity index (χ1) is 12.1. The maximum Gasteiger partial charge on any atom is 0.303 e. The van der Waals surface area contributed by atoms with E-state index in [4.69, 9.17) is 14.6 Å². The molecule has 2 aromatic rings. The van der Waals surface area contributed by atoms with Crippen LogP contribution in [0.3, 0.4) is 0 Å². The SMILES string of the molecule is COCCOc1cccc(C(=O)Nc2ccc(CCC(=O)O)cc2)c1. The lowest BCUT2D eigenvalue weighted by molar-refractivity contribution is -0.136. The molecular formula is C19H21NO5. The van der Waals surface area contributed by atoms with Crippen LogP contribution in [0.1, 0.15) is 22.3 Å². The van der Waals surface area contributed by atoms with Crippen molar-refractivity contribution in [2.24, 2.45) is 0 Å². The number of hydrogen-bond donors (Lipinski definition) is 2. The summed E-state index contributed by atoms with van der Waals surface area (Å²) < 4.78 is 10.4. The van der Waals surface area contributed by atoms with Gasteiger partial charge in [0, 0.05) is 24.8 Å². The molecule has 132 valence electrons. The second-order valence-electron chi connectivity index (χ2n) is 5.41. The number of rotatable bonds is 9. The summed E-state index contributed by atoms with van der Waals surface area (Å²) in [6, 6.07) is 14.1. The van der Waals surface area contributed by atoms with E-state index < -0.39 is 5.97 Å². The first-order valence-electron chi connectivity index (χ1n) is 7.92. The van der Waals surface area contributed by atoms with Gasteiger partial charge in [0.2, 0.25) is 0 Å². The molecule has 0 aliphatic rings. The van der Waals surface area contributed by atoms with Gasteiger partial charge in [0.15, 0.2) is 0 Å². The zero-order chi connectivity index (χ0) is 18.1. The maximum atomic E-state index is 12.3. The number of carboxylic acid groups (broad SMARTS) is 1. The van der Waals surface area contributed by atoms with E-state index in [2.05, 4.69) is 5.32 Å². The molecule has 6 nitrogen and oxygen atoms in total. The van der Waals surface area contributed by atoms with Crippen molar-refractivity contribution in [3.63, 3.8) is 0 Å². The van der Waals surface area contributed by atoms with Crippen LogP contribution in [0.5, 0.6) is 5.75 Å². The Balaban J connectivity index is 1.94. The molecule has 0 saturated heterocycles. The highest BCUT2D eigenvalue weighted by molar-refractivity contribution is 6.04. The van der Waals surface area contributed by atoms with Crippen LogP contribution in [0.25, 0.3) is 0 Å². The van der Waals surface area contributed by atoms with Gasteiger partial charge in [-0.05, 0) is 42.3 Å². The molecule has 1 amide bonds. The Labute approximate surface area is 146 Å². The third kappa shape index (κ3) is 6.27. The average molecular weight is 343 g/mol. The van der Waals surface area contributed by atoms with Crippen LogP contribution in [-0.4, -0.2) is 37.3 Å². The number of methoxy groups -OCH3 is 1. The van der Waals surface area contributed by atoms with E-state index in [-0.39, 0.29) is 12.3 Å². The first-order valence-corrected chi connectivity index (χ1v) is 7.92. The van der Waals surface area contributed by atoms with Gasteiger partial charge in [-0.15, -0.1) is 0 Å². The van der Waals surface area contributed by atoms with Crippen LogP contribution in [0, 0.1) is 0 Å². The van der Waals surface area contributed by atoms with Gasteiger partial charge >= 0.3 is 5.97 Å². The molecule has 2 rings (SSSR count). The molecule has 0 radical (unpaired) electrons. The summed E-state index contributed by atoms with van der Waals surface area (Å²) in [4.78, 5) is 22.9. The summed E-state index contributed by atoms with van der Waals surface area (Å²) >= 11 is 0. The zero-order valence-corrected chi connectivity index (χ0v) is 14.0. The summed E-state index contributed by atoms with van der Waals surface area (Å²) in [5.41, 5.74) is 2.05. The predicted octanol–water partition coefficient (Wildman–Crippen LogP) is 2.98. The lowest BCUT2D eigenvalue weighted by Gasteiger charge is -2.09. The molecule has 0 unspecified atom stereocenters. The molecule has 0 aliphatic carbocycles. The van der Waals surface area contributed by atoms with Crippen molar-refractivity contribution >= 4 is 17.6 Å². The second-order valence-corrected chi connectivity index (χ2v) is 5.41. The molecule has 0 aromatic heterocycles. The molecule has 0 aliphatic heterocycles. The molecule has 25 heavy (non-hydrogen) atoms. The van der Waals surface area contributed by atoms with E-state index >= 15 is 0 Å². The number of aryl methyl sites for hydroxylation is 1. The van der Waals surface area contributed by atoms with Gasteiger partial charge in [0.1, 0.15) is 12.4 Å². The van der Waals surface area contributed by atoms with Crippen LogP contribution < -0.4 is 10.1 Å². The summed E-state index contributed by atoms with van der Waals surface area (Å²) in [6.45, 7) is 0.893. The molecule has 0 spiro atoms. The van der Waals surface area contributed by atoms with Gasteiger partial charge in [-0.25, -0.2) is 0 Å². The Morgan fingerprint density at radius 2 is 1.84 bits per heavy atom. The molecule has 0 saturated carbocycles. The topological polar surface area (TPSA) is 84.9 Å². The Morgan fingerprint density at radius 1 is 1.08 bits per heavy atom. The number of amides is 1. The van der Waals surface area contributed by atoms with Crippen molar-refractivity contribution in [2.45, 2.75) is 12.8 Å². The van der Waals surface area contributed by atoms with Crippen molar-refractivity contribution in [1.82, 2.24) is 0 Å². The van der Waals surface area contributed by atoms with E-state index in [1.807, 2.05) is 12.1 Å². The number of ether oxygens (including phenoxy) is 2. The summed E-state index contributed by atoms with van der Waals surface area (Å²) in [6.07, 6.45) is 0.548. The van der Waals surface area contributed by atoms with E-state index in [1.54, 1.807) is 43.5 Å².